The number of hydrogen-bond acceptors (Lipinski definition) is 2. The van der Waals surface area contributed by atoms with E-state index in [4.69, 9.17) is 11.5 Å². The van der Waals surface area contributed by atoms with Crippen LogP contribution in [-0.4, -0.2) is 0 Å². The highest BCUT2D eigenvalue weighted by atomic mass is 14.6. The Balaban J connectivity index is 3.13. The summed E-state index contributed by atoms with van der Waals surface area (Å²) >= 11 is 0. The lowest BCUT2D eigenvalue weighted by molar-refractivity contribution is 0.853. The highest BCUT2D eigenvalue weighted by Gasteiger charge is 2.07. The van der Waals surface area contributed by atoms with Crippen molar-refractivity contribution in [3.05, 3.63) is 36.0 Å². The normalized spacial score (nSPS) is 12.1. The maximum Gasteiger partial charge on any atom is 0.0391 e. The van der Waals surface area contributed by atoms with Gasteiger partial charge in [-0.15, -0.1) is 0 Å². The molecule has 0 heterocycles. The maximum absolute atomic E-state index is 5.84. The summed E-state index contributed by atoms with van der Waals surface area (Å²) in [4.78, 5) is 0. The van der Waals surface area contributed by atoms with Crippen LogP contribution in [0.4, 0.5) is 5.69 Å². The van der Waals surface area contributed by atoms with E-state index in [1.165, 1.54) is 0 Å². The van der Waals surface area contributed by atoms with Crippen LogP contribution in [0.1, 0.15) is 19.4 Å². The molecule has 4 N–H and O–H groups in total. The molecule has 0 amide bonds. The Morgan fingerprint density at radius 1 is 1.31 bits per heavy atom. The van der Waals surface area contributed by atoms with Gasteiger partial charge in [-0.25, -0.2) is 0 Å². The summed E-state index contributed by atoms with van der Waals surface area (Å²) in [6.07, 6.45) is 1.64. The number of anilines is 1. The molecule has 0 fully saturated rings. The van der Waals surface area contributed by atoms with Crippen molar-refractivity contribution in [2.24, 2.45) is 11.7 Å². The van der Waals surface area contributed by atoms with E-state index in [2.05, 4.69) is 13.8 Å². The molecule has 70 valence electrons. The number of para-hydroxylation sites is 1. The van der Waals surface area contributed by atoms with E-state index in [0.29, 0.717) is 5.92 Å². The molecule has 1 aromatic rings. The van der Waals surface area contributed by atoms with E-state index in [0.717, 1.165) is 16.8 Å². The van der Waals surface area contributed by atoms with E-state index in [-0.39, 0.29) is 0 Å². The van der Waals surface area contributed by atoms with Crippen LogP contribution >= 0.6 is 0 Å². The SMILES string of the molecule is CC(C)/C(=C/N)c1ccccc1N. The molecule has 0 unspecified atom stereocenters. The standard InChI is InChI=1S/C11H16N2/c1-8(2)10(7-12)9-5-3-4-6-11(9)13/h3-8H,12-13H2,1-2H3/b10-7-. The molecular weight excluding hydrogens is 160 g/mol. The second kappa shape index (κ2) is 3.99. The Bertz CT molecular complexity index is 314. The predicted octanol–water partition coefficient (Wildman–Crippen LogP) is 2.22. The molecule has 0 aliphatic rings. The van der Waals surface area contributed by atoms with Gasteiger partial charge in [0, 0.05) is 11.3 Å². The van der Waals surface area contributed by atoms with Crippen molar-refractivity contribution in [1.29, 1.82) is 0 Å². The third-order valence-corrected chi connectivity index (χ3v) is 2.07. The van der Waals surface area contributed by atoms with Gasteiger partial charge in [0.15, 0.2) is 0 Å². The third-order valence-electron chi connectivity index (χ3n) is 2.07. The first-order valence-corrected chi connectivity index (χ1v) is 4.43. The topological polar surface area (TPSA) is 52.0 Å². The molecule has 0 saturated heterocycles. The molecule has 0 aliphatic carbocycles. The Morgan fingerprint density at radius 2 is 1.92 bits per heavy atom. The van der Waals surface area contributed by atoms with E-state index >= 15 is 0 Å². The summed E-state index contributed by atoms with van der Waals surface area (Å²) in [6, 6.07) is 7.78. The van der Waals surface area contributed by atoms with Crippen LogP contribution in [0.2, 0.25) is 0 Å². The molecule has 0 atom stereocenters. The molecule has 0 saturated carbocycles. The average Bonchev–Trinajstić information content (AvgIpc) is 2.09. The van der Waals surface area contributed by atoms with Crippen molar-refractivity contribution in [2.75, 3.05) is 5.73 Å². The smallest absolute Gasteiger partial charge is 0.0391 e. The number of nitrogens with two attached hydrogens (primary N) is 2. The summed E-state index contributed by atoms with van der Waals surface area (Å²) in [5, 5.41) is 0. The fourth-order valence-electron chi connectivity index (χ4n) is 1.35. The number of hydrogen-bond donors (Lipinski definition) is 2. The Hall–Kier alpha value is -1.44. The van der Waals surface area contributed by atoms with Crippen molar-refractivity contribution >= 4 is 11.3 Å². The van der Waals surface area contributed by atoms with Gasteiger partial charge in [0.2, 0.25) is 0 Å². The number of benzene rings is 1. The van der Waals surface area contributed by atoms with Crippen LogP contribution in [0.3, 0.4) is 0 Å². The van der Waals surface area contributed by atoms with Crippen molar-refractivity contribution in [3.63, 3.8) is 0 Å². The predicted molar refractivity (Wildman–Crippen MR) is 57.9 cm³/mol. The number of allylic oxidation sites excluding steroid dienone is 1. The van der Waals surface area contributed by atoms with Gasteiger partial charge in [-0.2, -0.15) is 0 Å². The molecule has 0 aromatic heterocycles. The second-order valence-corrected chi connectivity index (χ2v) is 3.36. The summed E-state index contributed by atoms with van der Waals surface area (Å²) < 4.78 is 0. The van der Waals surface area contributed by atoms with Gasteiger partial charge in [-0.05, 0) is 23.8 Å². The lowest BCUT2D eigenvalue weighted by Crippen LogP contribution is -2.00. The second-order valence-electron chi connectivity index (χ2n) is 3.36. The molecule has 0 bridgehead atoms. The Morgan fingerprint density at radius 3 is 2.38 bits per heavy atom. The lowest BCUT2D eigenvalue weighted by atomic mass is 9.95. The van der Waals surface area contributed by atoms with Gasteiger partial charge in [0.05, 0.1) is 0 Å². The first kappa shape index (κ1) is 9.65. The molecular formula is C11H16N2. The first-order valence-electron chi connectivity index (χ1n) is 4.43. The van der Waals surface area contributed by atoms with Gasteiger partial charge >= 0.3 is 0 Å². The lowest BCUT2D eigenvalue weighted by Gasteiger charge is -2.12. The number of rotatable bonds is 2. The minimum absolute atomic E-state index is 0.398. The van der Waals surface area contributed by atoms with Gasteiger partial charge < -0.3 is 11.5 Å². The van der Waals surface area contributed by atoms with Crippen LogP contribution in [0.5, 0.6) is 0 Å². The molecule has 1 aromatic carbocycles. The van der Waals surface area contributed by atoms with Crippen molar-refractivity contribution in [2.45, 2.75) is 13.8 Å². The minimum Gasteiger partial charge on any atom is -0.404 e. The highest BCUT2D eigenvalue weighted by molar-refractivity contribution is 5.75. The summed E-state index contributed by atoms with van der Waals surface area (Å²) in [5.41, 5.74) is 14.3. The first-order chi connectivity index (χ1) is 6.16. The number of nitrogen functional groups attached to an aromatic ring is 1. The fraction of sp³-hybridized carbons (Fsp3) is 0.273. The van der Waals surface area contributed by atoms with Crippen molar-refractivity contribution < 1.29 is 0 Å². The van der Waals surface area contributed by atoms with Crippen molar-refractivity contribution in [1.82, 2.24) is 0 Å². The molecule has 1 rings (SSSR count). The van der Waals surface area contributed by atoms with Crippen LogP contribution in [0, 0.1) is 5.92 Å². The van der Waals surface area contributed by atoms with Gasteiger partial charge in [0.25, 0.3) is 0 Å². The van der Waals surface area contributed by atoms with Crippen LogP contribution in [0.25, 0.3) is 5.57 Å². The molecule has 2 nitrogen and oxygen atoms in total. The summed E-state index contributed by atoms with van der Waals surface area (Å²) in [6.45, 7) is 4.20. The highest BCUT2D eigenvalue weighted by Crippen LogP contribution is 2.26. The van der Waals surface area contributed by atoms with Gasteiger partial charge in [0.1, 0.15) is 0 Å². The van der Waals surface area contributed by atoms with Crippen LogP contribution in [-0.2, 0) is 0 Å². The average molecular weight is 176 g/mol. The zero-order valence-electron chi connectivity index (χ0n) is 8.12. The molecule has 2 heteroatoms. The minimum atomic E-state index is 0.398. The summed E-state index contributed by atoms with van der Waals surface area (Å²) in [7, 11) is 0. The van der Waals surface area contributed by atoms with E-state index in [1.54, 1.807) is 6.20 Å². The summed E-state index contributed by atoms with van der Waals surface area (Å²) in [5.74, 6) is 0.398. The third kappa shape index (κ3) is 2.02. The maximum atomic E-state index is 5.84. The van der Waals surface area contributed by atoms with E-state index < -0.39 is 0 Å². The van der Waals surface area contributed by atoms with Gasteiger partial charge in [-0.3, -0.25) is 0 Å². The zero-order valence-corrected chi connectivity index (χ0v) is 8.12. The van der Waals surface area contributed by atoms with Gasteiger partial charge in [-0.1, -0.05) is 32.0 Å². The van der Waals surface area contributed by atoms with Crippen molar-refractivity contribution in [3.8, 4) is 0 Å². The van der Waals surface area contributed by atoms with Crippen LogP contribution < -0.4 is 11.5 Å². The monoisotopic (exact) mass is 176 g/mol. The molecule has 13 heavy (non-hydrogen) atoms. The van der Waals surface area contributed by atoms with E-state index in [9.17, 15) is 0 Å². The Labute approximate surface area is 79.2 Å². The Kier molecular flexibility index (Phi) is 2.96. The largest absolute Gasteiger partial charge is 0.404 e. The molecule has 0 radical (unpaired) electrons. The quantitative estimate of drug-likeness (QED) is 0.679. The van der Waals surface area contributed by atoms with Crippen LogP contribution in [0.15, 0.2) is 30.5 Å². The zero-order chi connectivity index (χ0) is 9.84. The molecule has 0 spiro atoms. The molecule has 0 aliphatic heterocycles. The van der Waals surface area contributed by atoms with E-state index in [1.807, 2.05) is 24.3 Å². The fourth-order valence-corrected chi connectivity index (χ4v) is 1.35.